The third kappa shape index (κ3) is 3.70. The van der Waals surface area contributed by atoms with Crippen LogP contribution in [0, 0.1) is 18.8 Å². The lowest BCUT2D eigenvalue weighted by Gasteiger charge is -2.25. The second kappa shape index (κ2) is 8.07. The summed E-state index contributed by atoms with van der Waals surface area (Å²) in [7, 11) is 1.60. The van der Waals surface area contributed by atoms with Crippen LogP contribution in [0.3, 0.4) is 0 Å². The summed E-state index contributed by atoms with van der Waals surface area (Å²) < 4.78 is 7.04. The summed E-state index contributed by atoms with van der Waals surface area (Å²) in [5.74, 6) is 2.00. The summed E-state index contributed by atoms with van der Waals surface area (Å²) in [6.07, 6.45) is 0.693. The van der Waals surface area contributed by atoms with Crippen LogP contribution in [0.15, 0.2) is 42.5 Å². The summed E-state index contributed by atoms with van der Waals surface area (Å²) in [5, 5.41) is 11.3. The van der Waals surface area contributed by atoms with E-state index < -0.39 is 0 Å². The number of hydrogen-bond donors (Lipinski definition) is 1. The van der Waals surface area contributed by atoms with Gasteiger partial charge < -0.3 is 19.5 Å². The van der Waals surface area contributed by atoms with Crippen molar-refractivity contribution in [2.24, 2.45) is 11.8 Å². The van der Waals surface area contributed by atoms with Crippen molar-refractivity contribution in [2.75, 3.05) is 25.5 Å². The number of benzene rings is 1. The quantitative estimate of drug-likeness (QED) is 0.678. The highest BCUT2D eigenvalue weighted by molar-refractivity contribution is 6.01. The van der Waals surface area contributed by atoms with Crippen LogP contribution >= 0.6 is 0 Å². The SMILES string of the molecule is COc1ccc(NC(=O)c2nnc3n2CC2CN(C(=O)c4cccc(C)n4)CC2C3)cc1. The average Bonchev–Trinajstić information content (AvgIpc) is 3.41. The third-order valence-electron chi connectivity index (χ3n) is 6.21. The van der Waals surface area contributed by atoms with E-state index in [0.717, 1.165) is 17.3 Å². The lowest BCUT2D eigenvalue weighted by Crippen LogP contribution is -2.31. The molecule has 3 aromatic rings. The van der Waals surface area contributed by atoms with Gasteiger partial charge in [-0.3, -0.25) is 9.59 Å². The number of amides is 2. The van der Waals surface area contributed by atoms with Crippen LogP contribution in [0.4, 0.5) is 5.69 Å². The van der Waals surface area contributed by atoms with E-state index in [1.54, 1.807) is 37.4 Å². The number of aryl methyl sites for hydroxylation is 1. The number of hydrogen-bond acceptors (Lipinski definition) is 6. The second-order valence-electron chi connectivity index (χ2n) is 8.33. The van der Waals surface area contributed by atoms with Gasteiger partial charge >= 0.3 is 0 Å². The molecule has 0 saturated carbocycles. The molecule has 2 aromatic heterocycles. The van der Waals surface area contributed by atoms with Crippen molar-refractivity contribution >= 4 is 17.5 Å². The minimum absolute atomic E-state index is 0.0451. The molecule has 4 heterocycles. The van der Waals surface area contributed by atoms with Crippen molar-refractivity contribution in [3.63, 3.8) is 0 Å². The number of nitrogens with zero attached hydrogens (tertiary/aromatic N) is 5. The van der Waals surface area contributed by atoms with Crippen LogP contribution in [0.25, 0.3) is 0 Å². The topological polar surface area (TPSA) is 102 Å². The normalized spacial score (nSPS) is 19.2. The molecule has 0 radical (unpaired) electrons. The molecule has 2 atom stereocenters. The fourth-order valence-electron chi connectivity index (χ4n) is 4.54. The first-order valence-corrected chi connectivity index (χ1v) is 10.6. The number of carbonyl (C=O) groups excluding carboxylic acids is 2. The molecule has 32 heavy (non-hydrogen) atoms. The first-order chi connectivity index (χ1) is 15.5. The molecule has 0 bridgehead atoms. The number of nitrogens with one attached hydrogen (secondary N) is 1. The molecule has 164 valence electrons. The molecule has 9 heteroatoms. The van der Waals surface area contributed by atoms with Gasteiger partial charge in [-0.15, -0.1) is 10.2 Å². The minimum Gasteiger partial charge on any atom is -0.497 e. The number of rotatable bonds is 4. The maximum absolute atomic E-state index is 12.9. The van der Waals surface area contributed by atoms with Gasteiger partial charge in [0.25, 0.3) is 11.8 Å². The number of anilines is 1. The van der Waals surface area contributed by atoms with Crippen LogP contribution in [0.1, 0.15) is 32.6 Å². The number of ether oxygens (including phenoxy) is 1. The van der Waals surface area contributed by atoms with Crippen LogP contribution < -0.4 is 10.1 Å². The van der Waals surface area contributed by atoms with Gasteiger partial charge in [-0.05, 0) is 55.2 Å². The molecule has 1 aromatic carbocycles. The van der Waals surface area contributed by atoms with E-state index >= 15 is 0 Å². The van der Waals surface area contributed by atoms with E-state index in [4.69, 9.17) is 4.74 Å². The molecule has 1 saturated heterocycles. The zero-order valence-electron chi connectivity index (χ0n) is 18.0. The molecule has 0 spiro atoms. The lowest BCUT2D eigenvalue weighted by molar-refractivity contribution is 0.0777. The summed E-state index contributed by atoms with van der Waals surface area (Å²) in [4.78, 5) is 32.0. The maximum Gasteiger partial charge on any atom is 0.293 e. The minimum atomic E-state index is -0.303. The molecule has 2 aliphatic heterocycles. The van der Waals surface area contributed by atoms with E-state index in [1.165, 1.54) is 0 Å². The third-order valence-corrected chi connectivity index (χ3v) is 6.21. The number of methoxy groups -OCH3 is 1. The molecule has 2 amide bonds. The van der Waals surface area contributed by atoms with Gasteiger partial charge in [0.2, 0.25) is 5.82 Å². The highest BCUT2D eigenvalue weighted by Gasteiger charge is 2.41. The second-order valence-corrected chi connectivity index (χ2v) is 8.33. The standard InChI is InChI=1S/C23H24N6O3/c1-14-4-3-5-19(24-14)23(31)28-11-15-10-20-26-27-21(29(20)13-16(15)12-28)22(30)25-17-6-8-18(32-2)9-7-17/h3-9,15-16H,10-13H2,1-2H3,(H,25,30). The molecule has 0 aliphatic carbocycles. The Bertz CT molecular complexity index is 1170. The van der Waals surface area contributed by atoms with E-state index in [9.17, 15) is 9.59 Å². The van der Waals surface area contributed by atoms with E-state index in [2.05, 4.69) is 20.5 Å². The van der Waals surface area contributed by atoms with Gasteiger partial charge in [0.1, 0.15) is 17.3 Å². The van der Waals surface area contributed by atoms with Crippen molar-refractivity contribution in [2.45, 2.75) is 19.9 Å². The largest absolute Gasteiger partial charge is 0.497 e. The Hall–Kier alpha value is -3.75. The summed E-state index contributed by atoms with van der Waals surface area (Å²) in [6.45, 7) is 3.80. The Kier molecular flexibility index (Phi) is 5.08. The van der Waals surface area contributed by atoms with Gasteiger partial charge in [-0.1, -0.05) is 6.07 Å². The number of likely N-dealkylation sites (tertiary alicyclic amines) is 1. The zero-order chi connectivity index (χ0) is 22.2. The average molecular weight is 432 g/mol. The molecule has 2 unspecified atom stereocenters. The van der Waals surface area contributed by atoms with Gasteiger partial charge in [0.05, 0.1) is 7.11 Å². The fraction of sp³-hybridized carbons (Fsp3) is 0.348. The zero-order valence-corrected chi connectivity index (χ0v) is 18.0. The molecular weight excluding hydrogens is 408 g/mol. The van der Waals surface area contributed by atoms with Crippen molar-refractivity contribution in [1.82, 2.24) is 24.6 Å². The molecule has 1 fully saturated rings. The Labute approximate surface area is 185 Å². The molecule has 1 N–H and O–H groups in total. The number of pyridine rings is 1. The number of carbonyl (C=O) groups is 2. The molecular formula is C23H24N6O3. The van der Waals surface area contributed by atoms with Gasteiger partial charge in [0, 0.05) is 37.4 Å². The van der Waals surface area contributed by atoms with E-state index in [1.807, 2.05) is 28.5 Å². The summed E-state index contributed by atoms with van der Waals surface area (Å²) in [5.41, 5.74) is 1.96. The van der Waals surface area contributed by atoms with Crippen molar-refractivity contribution in [3.8, 4) is 5.75 Å². The summed E-state index contributed by atoms with van der Waals surface area (Å²) in [6, 6.07) is 12.6. The van der Waals surface area contributed by atoms with Gasteiger partial charge in [-0.25, -0.2) is 4.98 Å². The highest BCUT2D eigenvalue weighted by atomic mass is 16.5. The Morgan fingerprint density at radius 1 is 1.03 bits per heavy atom. The molecule has 9 nitrogen and oxygen atoms in total. The fourth-order valence-corrected chi connectivity index (χ4v) is 4.54. The predicted octanol–water partition coefficient (Wildman–Crippen LogP) is 2.19. The Balaban J connectivity index is 1.29. The monoisotopic (exact) mass is 432 g/mol. The molecule has 2 aliphatic rings. The van der Waals surface area contributed by atoms with E-state index in [-0.39, 0.29) is 17.7 Å². The Morgan fingerprint density at radius 2 is 1.81 bits per heavy atom. The Morgan fingerprint density at radius 3 is 2.56 bits per heavy atom. The van der Waals surface area contributed by atoms with Crippen LogP contribution in [0.5, 0.6) is 5.75 Å². The lowest BCUT2D eigenvalue weighted by atomic mass is 9.89. The summed E-state index contributed by atoms with van der Waals surface area (Å²) >= 11 is 0. The first kappa shape index (κ1) is 20.2. The van der Waals surface area contributed by atoms with Crippen LogP contribution in [-0.2, 0) is 13.0 Å². The van der Waals surface area contributed by atoms with E-state index in [0.29, 0.717) is 49.2 Å². The van der Waals surface area contributed by atoms with Crippen LogP contribution in [-0.4, -0.2) is 56.7 Å². The highest BCUT2D eigenvalue weighted by Crippen LogP contribution is 2.33. The number of fused-ring (bicyclic) bond motifs is 2. The molecule has 5 rings (SSSR count). The van der Waals surface area contributed by atoms with Crippen LogP contribution in [0.2, 0.25) is 0 Å². The number of aromatic nitrogens is 4. The first-order valence-electron chi connectivity index (χ1n) is 10.6. The smallest absolute Gasteiger partial charge is 0.293 e. The van der Waals surface area contributed by atoms with Crippen molar-refractivity contribution < 1.29 is 14.3 Å². The van der Waals surface area contributed by atoms with Crippen molar-refractivity contribution in [1.29, 1.82) is 0 Å². The van der Waals surface area contributed by atoms with Gasteiger partial charge in [-0.2, -0.15) is 0 Å². The maximum atomic E-state index is 12.9. The predicted molar refractivity (Wildman–Crippen MR) is 117 cm³/mol. The van der Waals surface area contributed by atoms with Gasteiger partial charge in [0.15, 0.2) is 0 Å². The van der Waals surface area contributed by atoms with Crippen molar-refractivity contribution in [3.05, 3.63) is 65.5 Å².